The Labute approximate surface area is 77.4 Å². The summed E-state index contributed by atoms with van der Waals surface area (Å²) < 4.78 is 5.46. The SMILES string of the molecule is c1ncnc(C2CCCCOC2)n1. The Bertz CT molecular complexity index is 244. The third kappa shape index (κ3) is 2.21. The molecule has 1 aliphatic rings. The van der Waals surface area contributed by atoms with E-state index in [1.807, 2.05) is 0 Å². The highest BCUT2D eigenvalue weighted by Gasteiger charge is 2.16. The van der Waals surface area contributed by atoms with Gasteiger partial charge in [0.05, 0.1) is 6.61 Å². The van der Waals surface area contributed by atoms with Crippen LogP contribution in [0.15, 0.2) is 12.7 Å². The molecule has 0 aliphatic carbocycles. The van der Waals surface area contributed by atoms with Crippen molar-refractivity contribution in [2.75, 3.05) is 13.2 Å². The summed E-state index contributed by atoms with van der Waals surface area (Å²) in [6, 6.07) is 0. The van der Waals surface area contributed by atoms with Gasteiger partial charge in [0.2, 0.25) is 0 Å². The molecule has 0 N–H and O–H groups in total. The van der Waals surface area contributed by atoms with E-state index in [0.29, 0.717) is 5.92 Å². The predicted octanol–water partition coefficient (Wildman–Crippen LogP) is 1.16. The first-order valence-corrected chi connectivity index (χ1v) is 4.66. The van der Waals surface area contributed by atoms with E-state index in [1.165, 1.54) is 6.42 Å². The minimum Gasteiger partial charge on any atom is -0.381 e. The van der Waals surface area contributed by atoms with Gasteiger partial charge < -0.3 is 4.74 Å². The fourth-order valence-corrected chi connectivity index (χ4v) is 1.57. The maximum absolute atomic E-state index is 5.46. The zero-order valence-electron chi connectivity index (χ0n) is 7.52. The molecule has 0 saturated carbocycles. The van der Waals surface area contributed by atoms with E-state index in [-0.39, 0.29) is 0 Å². The minimum absolute atomic E-state index is 0.366. The van der Waals surface area contributed by atoms with Gasteiger partial charge in [0.1, 0.15) is 18.5 Å². The molecule has 70 valence electrons. The standard InChI is InChI=1S/C9H13N3O/c1-2-4-13-5-8(3-1)9-11-6-10-7-12-9/h6-8H,1-5H2. The summed E-state index contributed by atoms with van der Waals surface area (Å²) in [6.45, 7) is 1.63. The summed E-state index contributed by atoms with van der Waals surface area (Å²) in [5.41, 5.74) is 0. The lowest BCUT2D eigenvalue weighted by Gasteiger charge is -2.10. The molecular formula is C9H13N3O. The van der Waals surface area contributed by atoms with E-state index < -0.39 is 0 Å². The summed E-state index contributed by atoms with van der Waals surface area (Å²) in [4.78, 5) is 12.1. The van der Waals surface area contributed by atoms with Gasteiger partial charge in [0.25, 0.3) is 0 Å². The van der Waals surface area contributed by atoms with Gasteiger partial charge in [-0.15, -0.1) is 0 Å². The Morgan fingerprint density at radius 3 is 2.92 bits per heavy atom. The van der Waals surface area contributed by atoms with E-state index in [2.05, 4.69) is 15.0 Å². The molecule has 0 bridgehead atoms. The number of rotatable bonds is 1. The number of hydrogen-bond donors (Lipinski definition) is 0. The molecule has 13 heavy (non-hydrogen) atoms. The van der Waals surface area contributed by atoms with Gasteiger partial charge in [-0.1, -0.05) is 6.42 Å². The molecule has 0 aromatic carbocycles. The molecule has 4 heteroatoms. The predicted molar refractivity (Wildman–Crippen MR) is 47.2 cm³/mol. The molecule has 1 aromatic heterocycles. The van der Waals surface area contributed by atoms with Gasteiger partial charge in [-0.25, -0.2) is 15.0 Å². The Morgan fingerprint density at radius 1 is 1.23 bits per heavy atom. The first kappa shape index (κ1) is 8.56. The van der Waals surface area contributed by atoms with Crippen molar-refractivity contribution in [3.63, 3.8) is 0 Å². The van der Waals surface area contributed by atoms with Crippen LogP contribution < -0.4 is 0 Å². The molecule has 4 nitrogen and oxygen atoms in total. The van der Waals surface area contributed by atoms with Gasteiger partial charge in [-0.05, 0) is 12.8 Å². The molecule has 1 aromatic rings. The maximum atomic E-state index is 5.46. The molecule has 1 aliphatic heterocycles. The largest absolute Gasteiger partial charge is 0.381 e. The highest BCUT2D eigenvalue weighted by Crippen LogP contribution is 2.21. The van der Waals surface area contributed by atoms with E-state index in [9.17, 15) is 0 Å². The van der Waals surface area contributed by atoms with Gasteiger partial charge in [-0.2, -0.15) is 0 Å². The van der Waals surface area contributed by atoms with Crippen LogP contribution in [-0.4, -0.2) is 28.2 Å². The fourth-order valence-electron chi connectivity index (χ4n) is 1.57. The van der Waals surface area contributed by atoms with Crippen LogP contribution in [0.25, 0.3) is 0 Å². The second kappa shape index (κ2) is 4.28. The van der Waals surface area contributed by atoms with Crippen LogP contribution in [0.3, 0.4) is 0 Å². The van der Waals surface area contributed by atoms with Crippen LogP contribution in [0, 0.1) is 0 Å². The average molecular weight is 179 g/mol. The van der Waals surface area contributed by atoms with Crippen molar-refractivity contribution in [3.8, 4) is 0 Å². The third-order valence-electron chi connectivity index (χ3n) is 2.29. The number of aromatic nitrogens is 3. The first-order valence-electron chi connectivity index (χ1n) is 4.66. The molecule has 1 saturated heterocycles. The van der Waals surface area contributed by atoms with Crippen LogP contribution >= 0.6 is 0 Å². The minimum atomic E-state index is 0.366. The van der Waals surface area contributed by atoms with Crippen molar-refractivity contribution in [2.24, 2.45) is 0 Å². The monoisotopic (exact) mass is 179 g/mol. The molecule has 1 atom stereocenters. The van der Waals surface area contributed by atoms with Crippen LogP contribution in [-0.2, 0) is 4.74 Å². The van der Waals surface area contributed by atoms with E-state index in [4.69, 9.17) is 4.74 Å². The summed E-state index contributed by atoms with van der Waals surface area (Å²) in [5.74, 6) is 1.24. The van der Waals surface area contributed by atoms with Gasteiger partial charge in [0.15, 0.2) is 0 Å². The maximum Gasteiger partial charge on any atom is 0.137 e. The van der Waals surface area contributed by atoms with Crippen molar-refractivity contribution in [3.05, 3.63) is 18.5 Å². The Balaban J connectivity index is 2.06. The van der Waals surface area contributed by atoms with Gasteiger partial charge in [-0.3, -0.25) is 0 Å². The highest BCUT2D eigenvalue weighted by molar-refractivity contribution is 4.94. The lowest BCUT2D eigenvalue weighted by molar-refractivity contribution is 0.132. The van der Waals surface area contributed by atoms with Crippen molar-refractivity contribution in [1.82, 2.24) is 15.0 Å². The lowest BCUT2D eigenvalue weighted by atomic mass is 10.0. The van der Waals surface area contributed by atoms with Gasteiger partial charge >= 0.3 is 0 Å². The highest BCUT2D eigenvalue weighted by atomic mass is 16.5. The molecule has 0 radical (unpaired) electrons. The van der Waals surface area contributed by atoms with E-state index in [1.54, 1.807) is 12.7 Å². The van der Waals surface area contributed by atoms with Crippen molar-refractivity contribution >= 4 is 0 Å². The van der Waals surface area contributed by atoms with E-state index >= 15 is 0 Å². The normalized spacial score (nSPS) is 23.8. The molecular weight excluding hydrogens is 166 g/mol. The lowest BCUT2D eigenvalue weighted by Crippen LogP contribution is -2.09. The zero-order chi connectivity index (χ0) is 8.93. The zero-order valence-corrected chi connectivity index (χ0v) is 7.52. The summed E-state index contributed by atoms with van der Waals surface area (Å²) >= 11 is 0. The molecule has 1 fully saturated rings. The summed E-state index contributed by atoms with van der Waals surface area (Å²) in [6.07, 6.45) is 6.59. The quantitative estimate of drug-likeness (QED) is 0.649. The number of ether oxygens (including phenoxy) is 1. The Kier molecular flexibility index (Phi) is 2.82. The number of hydrogen-bond acceptors (Lipinski definition) is 4. The van der Waals surface area contributed by atoms with Crippen LogP contribution in [0.5, 0.6) is 0 Å². The fraction of sp³-hybridized carbons (Fsp3) is 0.667. The molecule has 0 spiro atoms. The molecule has 2 heterocycles. The first-order chi connectivity index (χ1) is 6.47. The molecule has 0 amide bonds. The Morgan fingerprint density at radius 2 is 2.08 bits per heavy atom. The van der Waals surface area contributed by atoms with Crippen molar-refractivity contribution < 1.29 is 4.74 Å². The summed E-state index contributed by atoms with van der Waals surface area (Å²) in [5, 5.41) is 0. The second-order valence-corrected chi connectivity index (χ2v) is 3.26. The topological polar surface area (TPSA) is 47.9 Å². The average Bonchev–Trinajstić information content (AvgIpc) is 2.47. The Hall–Kier alpha value is -1.03. The number of nitrogens with zero attached hydrogens (tertiary/aromatic N) is 3. The molecule has 2 rings (SSSR count). The van der Waals surface area contributed by atoms with Crippen molar-refractivity contribution in [1.29, 1.82) is 0 Å². The van der Waals surface area contributed by atoms with Crippen LogP contribution in [0.2, 0.25) is 0 Å². The smallest absolute Gasteiger partial charge is 0.137 e. The molecule has 1 unspecified atom stereocenters. The van der Waals surface area contributed by atoms with Gasteiger partial charge in [0, 0.05) is 12.5 Å². The third-order valence-corrected chi connectivity index (χ3v) is 2.29. The van der Waals surface area contributed by atoms with Crippen molar-refractivity contribution in [2.45, 2.75) is 25.2 Å². The van der Waals surface area contributed by atoms with Crippen LogP contribution in [0.1, 0.15) is 31.0 Å². The van der Waals surface area contributed by atoms with E-state index in [0.717, 1.165) is 31.9 Å². The summed E-state index contributed by atoms with van der Waals surface area (Å²) in [7, 11) is 0. The second-order valence-electron chi connectivity index (χ2n) is 3.26. The van der Waals surface area contributed by atoms with Crippen LogP contribution in [0.4, 0.5) is 0 Å².